The van der Waals surface area contributed by atoms with Gasteiger partial charge in [-0.3, -0.25) is 0 Å². The molecule has 72 valence electrons. The maximum atomic E-state index is 11.1. The quantitative estimate of drug-likeness (QED) is 0.695. The molecule has 0 spiro atoms. The lowest BCUT2D eigenvalue weighted by atomic mass is 9.85. The molecule has 12 heavy (non-hydrogen) atoms. The van der Waals surface area contributed by atoms with Crippen molar-refractivity contribution in [2.75, 3.05) is 13.2 Å². The van der Waals surface area contributed by atoms with E-state index >= 15 is 0 Å². The summed E-state index contributed by atoms with van der Waals surface area (Å²) in [5.41, 5.74) is 0. The second kappa shape index (κ2) is 3.32. The van der Waals surface area contributed by atoms with Crippen molar-refractivity contribution < 1.29 is 13.2 Å². The Morgan fingerprint density at radius 3 is 2.33 bits per heavy atom. The largest absolute Gasteiger partial charge is 0.380 e. The molecular weight excluding hydrogens is 178 g/mol. The van der Waals surface area contributed by atoms with Crippen molar-refractivity contribution in [3.8, 4) is 0 Å². The first-order valence-corrected chi connectivity index (χ1v) is 5.66. The molecule has 0 bridgehead atoms. The zero-order valence-electron chi connectivity index (χ0n) is 7.25. The molecule has 1 aliphatic rings. The van der Waals surface area contributed by atoms with Crippen LogP contribution in [0.3, 0.4) is 0 Å². The van der Waals surface area contributed by atoms with Gasteiger partial charge in [-0.25, -0.2) is 13.6 Å². The molecule has 0 atom stereocenters. The molecule has 0 radical (unpaired) electrons. The average molecular weight is 193 g/mol. The van der Waals surface area contributed by atoms with E-state index in [0.717, 1.165) is 6.42 Å². The van der Waals surface area contributed by atoms with Crippen LogP contribution < -0.4 is 5.14 Å². The van der Waals surface area contributed by atoms with Gasteiger partial charge in [-0.05, 0) is 19.8 Å². The lowest BCUT2D eigenvalue weighted by Crippen LogP contribution is -2.52. The first-order chi connectivity index (χ1) is 5.52. The first kappa shape index (κ1) is 9.95. The van der Waals surface area contributed by atoms with Gasteiger partial charge in [-0.15, -0.1) is 0 Å². The molecule has 4 nitrogen and oxygen atoms in total. The minimum absolute atomic E-state index is 0.252. The van der Waals surface area contributed by atoms with E-state index < -0.39 is 14.8 Å². The third-order valence-electron chi connectivity index (χ3n) is 2.44. The van der Waals surface area contributed by atoms with Crippen LogP contribution in [-0.4, -0.2) is 26.4 Å². The number of hydrogen-bond donors (Lipinski definition) is 1. The highest BCUT2D eigenvalue weighted by Crippen LogP contribution is 2.38. The van der Waals surface area contributed by atoms with Crippen molar-refractivity contribution in [3.63, 3.8) is 0 Å². The highest BCUT2D eigenvalue weighted by atomic mass is 32.2. The second-order valence-electron chi connectivity index (χ2n) is 3.22. The molecule has 1 aliphatic carbocycles. The molecule has 1 saturated carbocycles. The van der Waals surface area contributed by atoms with Gasteiger partial charge in [-0.2, -0.15) is 0 Å². The summed E-state index contributed by atoms with van der Waals surface area (Å²) in [6.07, 6.45) is 2.22. The zero-order valence-corrected chi connectivity index (χ0v) is 8.06. The minimum Gasteiger partial charge on any atom is -0.380 e. The van der Waals surface area contributed by atoms with Crippen LogP contribution in [-0.2, 0) is 14.8 Å². The number of primary sulfonamides is 1. The van der Waals surface area contributed by atoms with Crippen molar-refractivity contribution in [2.24, 2.45) is 5.14 Å². The summed E-state index contributed by atoms with van der Waals surface area (Å²) in [6.45, 7) is 2.63. The third kappa shape index (κ3) is 1.62. The summed E-state index contributed by atoms with van der Waals surface area (Å²) in [7, 11) is -3.42. The molecular formula is C7H15NO3S. The number of sulfonamides is 1. The van der Waals surface area contributed by atoms with Crippen molar-refractivity contribution in [3.05, 3.63) is 0 Å². The second-order valence-corrected chi connectivity index (χ2v) is 5.17. The van der Waals surface area contributed by atoms with Crippen LogP contribution in [0, 0.1) is 0 Å². The fourth-order valence-electron chi connectivity index (χ4n) is 1.37. The van der Waals surface area contributed by atoms with Crippen LogP contribution in [0.4, 0.5) is 0 Å². The van der Waals surface area contributed by atoms with Crippen LogP contribution in [0.15, 0.2) is 0 Å². The molecule has 1 rings (SSSR count). The van der Waals surface area contributed by atoms with Crippen LogP contribution in [0.1, 0.15) is 26.2 Å². The van der Waals surface area contributed by atoms with E-state index in [2.05, 4.69) is 0 Å². The molecule has 0 aromatic heterocycles. The lowest BCUT2D eigenvalue weighted by Gasteiger charge is -2.38. The average Bonchev–Trinajstić information content (AvgIpc) is 1.82. The Labute approximate surface area is 73.1 Å². The Kier molecular flexibility index (Phi) is 2.75. The van der Waals surface area contributed by atoms with Crippen molar-refractivity contribution >= 4 is 10.0 Å². The number of ether oxygens (including phenoxy) is 1. The van der Waals surface area contributed by atoms with Gasteiger partial charge >= 0.3 is 0 Å². The number of rotatable bonds is 4. The van der Waals surface area contributed by atoms with Crippen LogP contribution in [0.25, 0.3) is 0 Å². The predicted molar refractivity (Wildman–Crippen MR) is 46.2 cm³/mol. The Morgan fingerprint density at radius 2 is 2.08 bits per heavy atom. The normalized spacial score (nSPS) is 21.8. The molecule has 2 N–H and O–H groups in total. The van der Waals surface area contributed by atoms with Crippen LogP contribution in [0.5, 0.6) is 0 Å². The minimum atomic E-state index is -3.42. The van der Waals surface area contributed by atoms with E-state index in [1.807, 2.05) is 6.92 Å². The Morgan fingerprint density at radius 1 is 1.50 bits per heavy atom. The monoisotopic (exact) mass is 193 g/mol. The van der Waals surface area contributed by atoms with E-state index in [9.17, 15) is 8.42 Å². The van der Waals surface area contributed by atoms with Gasteiger partial charge in [0.15, 0.2) is 0 Å². The van der Waals surface area contributed by atoms with E-state index in [1.165, 1.54) is 0 Å². The first-order valence-electron chi connectivity index (χ1n) is 4.12. The molecule has 0 heterocycles. The maximum absolute atomic E-state index is 11.1. The summed E-state index contributed by atoms with van der Waals surface area (Å²) in [6, 6.07) is 0. The predicted octanol–water partition coefficient (Wildman–Crippen LogP) is 0.234. The molecule has 0 amide bonds. The van der Waals surface area contributed by atoms with Gasteiger partial charge in [0.25, 0.3) is 0 Å². The summed E-state index contributed by atoms with van der Waals surface area (Å²) in [5.74, 6) is 0. The van der Waals surface area contributed by atoms with Gasteiger partial charge in [-0.1, -0.05) is 6.42 Å². The molecule has 5 heteroatoms. The Bertz CT molecular complexity index is 243. The molecule has 0 unspecified atom stereocenters. The summed E-state index contributed by atoms with van der Waals surface area (Å²) >= 11 is 0. The van der Waals surface area contributed by atoms with Gasteiger partial charge in [0.1, 0.15) is 4.75 Å². The Balaban J connectivity index is 2.64. The standard InChI is InChI=1S/C7H15NO3S/c1-2-11-6-7(4-3-5-7)12(8,9)10/h2-6H2,1H3,(H2,8,9,10). The van der Waals surface area contributed by atoms with Gasteiger partial charge in [0, 0.05) is 6.61 Å². The van der Waals surface area contributed by atoms with Crippen molar-refractivity contribution in [2.45, 2.75) is 30.9 Å². The highest BCUT2D eigenvalue weighted by molar-refractivity contribution is 7.90. The van der Waals surface area contributed by atoms with E-state index in [1.54, 1.807) is 0 Å². The molecule has 0 aromatic rings. The molecule has 0 saturated heterocycles. The van der Waals surface area contributed by atoms with E-state index in [4.69, 9.17) is 9.88 Å². The van der Waals surface area contributed by atoms with Crippen LogP contribution >= 0.6 is 0 Å². The van der Waals surface area contributed by atoms with Crippen LogP contribution in [0.2, 0.25) is 0 Å². The molecule has 0 aliphatic heterocycles. The number of hydrogen-bond acceptors (Lipinski definition) is 3. The fraction of sp³-hybridized carbons (Fsp3) is 1.00. The lowest BCUT2D eigenvalue weighted by molar-refractivity contribution is 0.0919. The summed E-state index contributed by atoms with van der Waals surface area (Å²) in [5, 5.41) is 5.11. The van der Waals surface area contributed by atoms with E-state index in [0.29, 0.717) is 19.4 Å². The van der Waals surface area contributed by atoms with Gasteiger partial charge in [0.2, 0.25) is 10.0 Å². The van der Waals surface area contributed by atoms with Gasteiger partial charge < -0.3 is 4.74 Å². The van der Waals surface area contributed by atoms with Gasteiger partial charge in [0.05, 0.1) is 6.61 Å². The van der Waals surface area contributed by atoms with Crippen molar-refractivity contribution in [1.29, 1.82) is 0 Å². The number of nitrogens with two attached hydrogens (primary N) is 1. The van der Waals surface area contributed by atoms with E-state index in [-0.39, 0.29) is 6.61 Å². The molecule has 1 fully saturated rings. The van der Waals surface area contributed by atoms with Crippen molar-refractivity contribution in [1.82, 2.24) is 0 Å². The maximum Gasteiger partial charge on any atom is 0.217 e. The molecule has 0 aromatic carbocycles. The Hall–Kier alpha value is -0.130. The SMILES string of the molecule is CCOCC1(S(N)(=O)=O)CCC1. The highest BCUT2D eigenvalue weighted by Gasteiger charge is 2.47. The topological polar surface area (TPSA) is 69.4 Å². The summed E-state index contributed by atoms with van der Waals surface area (Å²) < 4.78 is 26.6. The zero-order chi connectivity index (χ0) is 9.24. The summed E-state index contributed by atoms with van der Waals surface area (Å²) in [4.78, 5) is 0. The smallest absolute Gasteiger partial charge is 0.217 e. The third-order valence-corrected chi connectivity index (χ3v) is 4.17. The fourth-order valence-corrected chi connectivity index (χ4v) is 2.48.